The summed E-state index contributed by atoms with van der Waals surface area (Å²) in [7, 11) is 0. The molecule has 0 aliphatic rings. The van der Waals surface area contributed by atoms with Crippen molar-refractivity contribution >= 4 is 65.4 Å². The molecule has 0 fully saturated rings. The average Bonchev–Trinajstić information content (AvgIpc) is 4.24. The van der Waals surface area contributed by atoms with Gasteiger partial charge >= 0.3 is 0 Å². The second kappa shape index (κ2) is 17.7. The number of fused-ring (bicyclic) bond motifs is 9. The Morgan fingerprint density at radius 1 is 0.286 bits per heavy atom. The number of rotatable bonds is 7. The Kier molecular flexibility index (Phi) is 10.2. The molecular formula is C68H37N9. The molecule has 0 aliphatic carbocycles. The zero-order chi connectivity index (χ0) is 51.7. The molecular weight excluding hydrogens is 943 g/mol. The summed E-state index contributed by atoms with van der Waals surface area (Å²) in [5.74, 6) is 0.344. The van der Waals surface area contributed by atoms with Crippen molar-refractivity contribution in [2.75, 3.05) is 0 Å². The predicted molar refractivity (Wildman–Crippen MR) is 306 cm³/mol. The first-order chi connectivity index (χ1) is 38.0. The van der Waals surface area contributed by atoms with Crippen LogP contribution in [-0.4, -0.2) is 23.7 Å². The number of hydrogen-bond acceptors (Lipinski definition) is 6. The molecule has 0 aliphatic heterocycles. The molecule has 14 aromatic rings. The fraction of sp³-hybridized carbons (Fsp3) is 0. The first kappa shape index (κ1) is 44.3. The van der Waals surface area contributed by atoms with E-state index in [1.54, 1.807) is 18.2 Å². The van der Waals surface area contributed by atoms with Crippen molar-refractivity contribution in [1.29, 1.82) is 21.0 Å². The third kappa shape index (κ3) is 6.98. The third-order valence-electron chi connectivity index (χ3n) is 14.8. The van der Waals surface area contributed by atoms with Crippen molar-refractivity contribution in [2.24, 2.45) is 0 Å². The fourth-order valence-electron chi connectivity index (χ4n) is 11.4. The molecule has 0 atom stereocenters. The van der Waals surface area contributed by atoms with Gasteiger partial charge in [0.15, 0.2) is 5.82 Å². The maximum atomic E-state index is 11.0. The van der Waals surface area contributed by atoms with Crippen LogP contribution in [0.3, 0.4) is 0 Å². The normalized spacial score (nSPS) is 11.3. The van der Waals surface area contributed by atoms with E-state index in [0.29, 0.717) is 67.4 Å². The molecule has 0 N–H and O–H groups in total. The molecule has 14 rings (SSSR count). The monoisotopic (exact) mass is 979 g/mol. The number of hydrogen-bond donors (Lipinski definition) is 0. The molecule has 9 nitrogen and oxygen atoms in total. The lowest BCUT2D eigenvalue weighted by atomic mass is 9.93. The second-order valence-electron chi connectivity index (χ2n) is 19.0. The summed E-state index contributed by atoms with van der Waals surface area (Å²) in [5.41, 5.74) is 14.8. The Labute approximate surface area is 441 Å². The molecule has 0 spiro atoms. The van der Waals surface area contributed by atoms with Crippen LogP contribution in [0.4, 0.5) is 0 Å². The lowest BCUT2D eigenvalue weighted by molar-refractivity contribution is 1.16. The molecule has 0 unspecified atom stereocenters. The van der Waals surface area contributed by atoms with Crippen LogP contribution < -0.4 is 0 Å². The summed E-state index contributed by atoms with van der Waals surface area (Å²) in [6.45, 7) is 0. The zero-order valence-electron chi connectivity index (χ0n) is 40.9. The Morgan fingerprint density at radius 3 is 1.14 bits per heavy atom. The molecule has 77 heavy (non-hydrogen) atoms. The van der Waals surface area contributed by atoms with E-state index >= 15 is 0 Å². The summed E-state index contributed by atoms with van der Waals surface area (Å²) in [5, 5.41) is 48.9. The first-order valence-electron chi connectivity index (χ1n) is 25.0. The lowest BCUT2D eigenvalue weighted by Gasteiger charge is -2.15. The van der Waals surface area contributed by atoms with Gasteiger partial charge in [-0.15, -0.1) is 0 Å². The number of benzene rings is 10. The van der Waals surface area contributed by atoms with Gasteiger partial charge in [0, 0.05) is 71.6 Å². The number of nitriles is 4. The smallest absolute Gasteiger partial charge is 0.161 e. The van der Waals surface area contributed by atoms with Gasteiger partial charge in [-0.05, 0) is 103 Å². The van der Waals surface area contributed by atoms with E-state index < -0.39 is 0 Å². The Bertz CT molecular complexity index is 4600. The summed E-state index contributed by atoms with van der Waals surface area (Å²) in [4.78, 5) is 9.84. The third-order valence-corrected chi connectivity index (χ3v) is 14.8. The van der Waals surface area contributed by atoms with E-state index in [1.807, 2.05) is 72.8 Å². The summed E-state index contributed by atoms with van der Waals surface area (Å²) in [6.07, 6.45) is 0. The van der Waals surface area contributed by atoms with E-state index in [0.717, 1.165) is 60.8 Å². The fourth-order valence-corrected chi connectivity index (χ4v) is 11.4. The van der Waals surface area contributed by atoms with Gasteiger partial charge in [-0.3, -0.25) is 0 Å². The van der Waals surface area contributed by atoms with Gasteiger partial charge in [-0.2, -0.15) is 21.0 Å². The van der Waals surface area contributed by atoms with Crippen LogP contribution in [0, 0.1) is 45.3 Å². The molecule has 354 valence electrons. The standard InChI is InChI=1S/C68H37N9/c69-38-44-13-1-3-15-51(44)60-37-59(73-68(74-60)52-16-4-2-14-45(52)39-70)42-25-27-43(28-26-42)67-46(40-71)33-50(34-47(67)41-72)77-65-31-29-48(75-61-21-9-5-17-53(61)54-18-6-10-22-62(54)75)35-57(65)58-36-49(30-32-66(58)77)76-63-23-11-7-19-55(63)56-20-8-12-24-64(56)76/h1-37H. The molecule has 9 heteroatoms. The highest BCUT2D eigenvalue weighted by atomic mass is 15.0. The lowest BCUT2D eigenvalue weighted by Crippen LogP contribution is -2.00. The van der Waals surface area contributed by atoms with Crippen molar-refractivity contribution < 1.29 is 0 Å². The summed E-state index contributed by atoms with van der Waals surface area (Å²) in [6, 6.07) is 84.3. The van der Waals surface area contributed by atoms with E-state index in [-0.39, 0.29) is 0 Å². The van der Waals surface area contributed by atoms with Crippen molar-refractivity contribution in [3.05, 3.63) is 247 Å². The molecule has 0 saturated carbocycles. The van der Waals surface area contributed by atoms with Crippen LogP contribution in [0.1, 0.15) is 22.3 Å². The molecule has 4 aromatic heterocycles. The van der Waals surface area contributed by atoms with Gasteiger partial charge in [0.05, 0.1) is 91.0 Å². The second-order valence-corrected chi connectivity index (χ2v) is 19.0. The zero-order valence-corrected chi connectivity index (χ0v) is 40.9. The van der Waals surface area contributed by atoms with Gasteiger partial charge in [0.1, 0.15) is 0 Å². The Hall–Kier alpha value is -11.4. The minimum absolute atomic E-state index is 0.344. The van der Waals surface area contributed by atoms with Gasteiger partial charge in [0.25, 0.3) is 0 Å². The Balaban J connectivity index is 0.936. The van der Waals surface area contributed by atoms with E-state index in [9.17, 15) is 21.0 Å². The number of para-hydroxylation sites is 4. The first-order valence-corrected chi connectivity index (χ1v) is 25.0. The van der Waals surface area contributed by atoms with E-state index in [2.05, 4.69) is 171 Å². The van der Waals surface area contributed by atoms with Gasteiger partial charge in [-0.1, -0.05) is 127 Å². The molecule has 0 saturated heterocycles. The van der Waals surface area contributed by atoms with Crippen LogP contribution in [0.15, 0.2) is 224 Å². The highest BCUT2D eigenvalue weighted by molar-refractivity contribution is 6.14. The molecule has 4 heterocycles. The van der Waals surface area contributed by atoms with E-state index in [1.165, 1.54) is 21.5 Å². The number of aromatic nitrogens is 5. The maximum absolute atomic E-state index is 11.0. The van der Waals surface area contributed by atoms with Crippen LogP contribution in [0.5, 0.6) is 0 Å². The van der Waals surface area contributed by atoms with Crippen molar-refractivity contribution in [3.8, 4) is 86.4 Å². The highest BCUT2D eigenvalue weighted by Gasteiger charge is 2.22. The predicted octanol–water partition coefficient (Wildman–Crippen LogP) is 15.9. The molecule has 0 amide bonds. The average molecular weight is 980 g/mol. The maximum Gasteiger partial charge on any atom is 0.161 e. The van der Waals surface area contributed by atoms with Gasteiger partial charge in [-0.25, -0.2) is 9.97 Å². The number of nitrogens with zero attached hydrogens (tertiary/aromatic N) is 9. The summed E-state index contributed by atoms with van der Waals surface area (Å²) < 4.78 is 6.83. The SMILES string of the molecule is N#Cc1ccccc1-c1cc(-c2ccc(-c3c(C#N)cc(-n4c5ccc(-n6c7ccccc7c7ccccc76)cc5c5cc(-n6c7ccccc7c7ccccc76)ccc54)cc3C#N)cc2)nc(-c2ccccc2C#N)n1. The largest absolute Gasteiger partial charge is 0.309 e. The van der Waals surface area contributed by atoms with Crippen LogP contribution in [0.25, 0.3) is 128 Å². The quantitative estimate of drug-likeness (QED) is 0.156. The van der Waals surface area contributed by atoms with Crippen LogP contribution in [0.2, 0.25) is 0 Å². The summed E-state index contributed by atoms with van der Waals surface area (Å²) >= 11 is 0. The van der Waals surface area contributed by atoms with Crippen LogP contribution in [-0.2, 0) is 0 Å². The minimum Gasteiger partial charge on any atom is -0.309 e. The van der Waals surface area contributed by atoms with Gasteiger partial charge in [0.2, 0.25) is 0 Å². The highest BCUT2D eigenvalue weighted by Crippen LogP contribution is 2.41. The van der Waals surface area contributed by atoms with Crippen LogP contribution >= 0.6 is 0 Å². The minimum atomic E-state index is 0.344. The topological polar surface area (TPSA) is 136 Å². The molecule has 0 radical (unpaired) electrons. The van der Waals surface area contributed by atoms with Gasteiger partial charge < -0.3 is 13.7 Å². The van der Waals surface area contributed by atoms with Crippen molar-refractivity contribution in [2.45, 2.75) is 0 Å². The molecule has 0 bridgehead atoms. The Morgan fingerprint density at radius 2 is 0.662 bits per heavy atom. The van der Waals surface area contributed by atoms with Crippen molar-refractivity contribution in [1.82, 2.24) is 23.7 Å². The van der Waals surface area contributed by atoms with E-state index in [4.69, 9.17) is 9.97 Å². The van der Waals surface area contributed by atoms with Crippen molar-refractivity contribution in [3.63, 3.8) is 0 Å². The molecule has 10 aromatic carbocycles.